The number of hydrogen-bond acceptors (Lipinski definition) is 1. The van der Waals surface area contributed by atoms with Crippen molar-refractivity contribution in [1.29, 1.82) is 0 Å². The summed E-state index contributed by atoms with van der Waals surface area (Å²) in [5.74, 6) is -3.18. The Morgan fingerprint density at radius 3 is 2.62 bits per heavy atom. The summed E-state index contributed by atoms with van der Waals surface area (Å²) in [6, 6.07) is 4.70. The highest BCUT2D eigenvalue weighted by Gasteiger charge is 2.46. The summed E-state index contributed by atoms with van der Waals surface area (Å²) < 4.78 is 25.8. The van der Waals surface area contributed by atoms with Crippen molar-refractivity contribution in [3.05, 3.63) is 33.3 Å². The highest BCUT2D eigenvalue weighted by atomic mass is 79.9. The van der Waals surface area contributed by atoms with Gasteiger partial charge >= 0.3 is 0 Å². The van der Waals surface area contributed by atoms with Gasteiger partial charge < -0.3 is 4.90 Å². The molecule has 1 amide bonds. The molecule has 0 aromatic heterocycles. The van der Waals surface area contributed by atoms with Gasteiger partial charge in [0, 0.05) is 9.50 Å². The fourth-order valence-corrected chi connectivity index (χ4v) is 2.08. The van der Waals surface area contributed by atoms with Crippen molar-refractivity contribution in [3.63, 3.8) is 0 Å². The van der Waals surface area contributed by atoms with Crippen LogP contribution in [0.3, 0.4) is 0 Å². The van der Waals surface area contributed by atoms with Crippen molar-refractivity contribution in [2.24, 2.45) is 0 Å². The number of benzene rings is 1. The van der Waals surface area contributed by atoms with Gasteiger partial charge in [0.05, 0.1) is 18.7 Å². The van der Waals surface area contributed by atoms with E-state index in [2.05, 4.69) is 15.9 Å². The maximum absolute atomic E-state index is 12.6. The molecular formula is C10H7BrClF2NO. The average Bonchev–Trinajstić information content (AvgIpc) is 2.17. The van der Waals surface area contributed by atoms with Crippen molar-refractivity contribution in [2.75, 3.05) is 13.1 Å². The van der Waals surface area contributed by atoms with Gasteiger partial charge in [-0.15, -0.1) is 0 Å². The number of carbonyl (C=O) groups excluding carboxylic acids is 1. The minimum atomic E-state index is -2.75. The Morgan fingerprint density at radius 1 is 1.44 bits per heavy atom. The van der Waals surface area contributed by atoms with E-state index in [-0.39, 0.29) is 0 Å². The SMILES string of the molecule is O=C(c1cc(Cl)ccc1Br)N1CC(F)(F)C1. The lowest BCUT2D eigenvalue weighted by molar-refractivity contribution is -0.113. The van der Waals surface area contributed by atoms with E-state index in [1.54, 1.807) is 12.1 Å². The second kappa shape index (κ2) is 3.96. The first kappa shape index (κ1) is 11.8. The van der Waals surface area contributed by atoms with Gasteiger partial charge in [-0.3, -0.25) is 4.79 Å². The lowest BCUT2D eigenvalue weighted by Crippen LogP contribution is -2.58. The van der Waals surface area contributed by atoms with Crippen LogP contribution in [0, 0.1) is 0 Å². The van der Waals surface area contributed by atoms with Crippen LogP contribution in [0.5, 0.6) is 0 Å². The lowest BCUT2D eigenvalue weighted by Gasteiger charge is -2.38. The summed E-state index contributed by atoms with van der Waals surface area (Å²) in [6.45, 7) is -1.05. The first-order valence-electron chi connectivity index (χ1n) is 4.51. The zero-order valence-electron chi connectivity index (χ0n) is 8.01. The number of carbonyl (C=O) groups is 1. The van der Waals surface area contributed by atoms with Crippen LogP contribution >= 0.6 is 27.5 Å². The molecule has 0 N–H and O–H groups in total. The predicted molar refractivity (Wildman–Crippen MR) is 60.0 cm³/mol. The van der Waals surface area contributed by atoms with Crippen LogP contribution in [0.4, 0.5) is 8.78 Å². The smallest absolute Gasteiger partial charge is 0.282 e. The largest absolute Gasteiger partial charge is 0.326 e. The second-order valence-corrected chi connectivity index (χ2v) is 4.93. The highest BCUT2D eigenvalue weighted by Crippen LogP contribution is 2.30. The van der Waals surface area contributed by atoms with Gasteiger partial charge in [0.15, 0.2) is 0 Å². The molecule has 1 fully saturated rings. The van der Waals surface area contributed by atoms with Crippen LogP contribution in [-0.2, 0) is 0 Å². The van der Waals surface area contributed by atoms with Crippen molar-refractivity contribution in [1.82, 2.24) is 4.90 Å². The molecule has 0 aliphatic carbocycles. The first-order valence-corrected chi connectivity index (χ1v) is 5.68. The van der Waals surface area contributed by atoms with Gasteiger partial charge in [0.25, 0.3) is 11.8 Å². The lowest BCUT2D eigenvalue weighted by atomic mass is 10.1. The van der Waals surface area contributed by atoms with Gasteiger partial charge in [-0.2, -0.15) is 0 Å². The molecule has 0 bridgehead atoms. The van der Waals surface area contributed by atoms with Crippen LogP contribution in [0.2, 0.25) is 5.02 Å². The van der Waals surface area contributed by atoms with E-state index in [0.29, 0.717) is 15.1 Å². The van der Waals surface area contributed by atoms with E-state index in [4.69, 9.17) is 11.6 Å². The van der Waals surface area contributed by atoms with Gasteiger partial charge in [0.2, 0.25) is 0 Å². The topological polar surface area (TPSA) is 20.3 Å². The molecule has 2 nitrogen and oxygen atoms in total. The quantitative estimate of drug-likeness (QED) is 0.780. The van der Waals surface area contributed by atoms with Crippen LogP contribution in [0.1, 0.15) is 10.4 Å². The van der Waals surface area contributed by atoms with Gasteiger partial charge in [-0.25, -0.2) is 8.78 Å². The van der Waals surface area contributed by atoms with Gasteiger partial charge in [-0.05, 0) is 34.1 Å². The molecule has 1 aromatic rings. The van der Waals surface area contributed by atoms with Crippen molar-refractivity contribution >= 4 is 33.4 Å². The van der Waals surface area contributed by atoms with Crippen LogP contribution in [0.25, 0.3) is 0 Å². The molecule has 1 aromatic carbocycles. The number of rotatable bonds is 1. The molecule has 1 saturated heterocycles. The number of likely N-dealkylation sites (tertiary alicyclic amines) is 1. The van der Waals surface area contributed by atoms with Gasteiger partial charge in [-0.1, -0.05) is 11.6 Å². The molecule has 1 heterocycles. The molecule has 2 rings (SSSR count). The normalized spacial score (nSPS) is 18.1. The zero-order valence-corrected chi connectivity index (χ0v) is 10.4. The molecule has 1 aliphatic rings. The number of halogens is 4. The third kappa shape index (κ3) is 2.20. The van der Waals surface area contributed by atoms with E-state index >= 15 is 0 Å². The third-order valence-electron chi connectivity index (χ3n) is 2.29. The number of alkyl halides is 2. The predicted octanol–water partition coefficient (Wildman–Crippen LogP) is 3.19. The van der Waals surface area contributed by atoms with E-state index in [1.807, 2.05) is 0 Å². The molecule has 0 spiro atoms. The summed E-state index contributed by atoms with van der Waals surface area (Å²) in [5, 5.41) is 0.402. The fraction of sp³-hybridized carbons (Fsp3) is 0.300. The number of nitrogens with zero attached hydrogens (tertiary/aromatic N) is 1. The number of hydrogen-bond donors (Lipinski definition) is 0. The summed E-state index contributed by atoms with van der Waals surface area (Å²) in [4.78, 5) is 12.9. The highest BCUT2D eigenvalue weighted by molar-refractivity contribution is 9.10. The van der Waals surface area contributed by atoms with Crippen LogP contribution in [-0.4, -0.2) is 29.8 Å². The average molecular weight is 311 g/mol. The maximum atomic E-state index is 12.6. The Labute approximate surface area is 104 Å². The van der Waals surface area contributed by atoms with E-state index in [0.717, 1.165) is 4.90 Å². The summed E-state index contributed by atoms with van der Waals surface area (Å²) in [6.07, 6.45) is 0. The maximum Gasteiger partial charge on any atom is 0.282 e. The van der Waals surface area contributed by atoms with Gasteiger partial charge in [0.1, 0.15) is 0 Å². The second-order valence-electron chi connectivity index (χ2n) is 3.64. The Kier molecular flexibility index (Phi) is 2.92. The summed E-state index contributed by atoms with van der Waals surface area (Å²) in [7, 11) is 0. The fourth-order valence-electron chi connectivity index (χ4n) is 1.49. The summed E-state index contributed by atoms with van der Waals surface area (Å²) >= 11 is 8.93. The minimum absolute atomic E-state index is 0.308. The van der Waals surface area contributed by atoms with E-state index < -0.39 is 24.9 Å². The standard InChI is InChI=1S/C10H7BrClF2NO/c11-8-2-1-6(12)3-7(8)9(16)15-4-10(13,14)5-15/h1-3H,4-5H2. The van der Waals surface area contributed by atoms with Crippen LogP contribution in [0.15, 0.2) is 22.7 Å². The van der Waals surface area contributed by atoms with Crippen molar-refractivity contribution in [3.8, 4) is 0 Å². The molecule has 0 atom stereocenters. The first-order chi connectivity index (χ1) is 7.39. The van der Waals surface area contributed by atoms with E-state index in [1.165, 1.54) is 6.07 Å². The Hall–Kier alpha value is -0.680. The molecule has 16 heavy (non-hydrogen) atoms. The Bertz CT molecular complexity index is 444. The Balaban J connectivity index is 2.19. The van der Waals surface area contributed by atoms with E-state index in [9.17, 15) is 13.6 Å². The zero-order chi connectivity index (χ0) is 11.9. The molecule has 0 unspecified atom stereocenters. The van der Waals surface area contributed by atoms with Crippen LogP contribution < -0.4 is 0 Å². The molecule has 1 aliphatic heterocycles. The molecular weight excluding hydrogens is 303 g/mol. The molecule has 0 saturated carbocycles. The monoisotopic (exact) mass is 309 g/mol. The molecule has 86 valence electrons. The third-order valence-corrected chi connectivity index (χ3v) is 3.22. The molecule has 6 heteroatoms. The van der Waals surface area contributed by atoms with Crippen molar-refractivity contribution in [2.45, 2.75) is 5.92 Å². The molecule has 0 radical (unpaired) electrons. The Morgan fingerprint density at radius 2 is 2.06 bits per heavy atom. The number of amides is 1. The minimum Gasteiger partial charge on any atom is -0.326 e. The summed E-state index contributed by atoms with van der Waals surface area (Å²) in [5.41, 5.74) is 0.308. The van der Waals surface area contributed by atoms with Crippen molar-refractivity contribution < 1.29 is 13.6 Å².